The Bertz CT molecular complexity index is 405. The lowest BCUT2D eigenvalue weighted by Gasteiger charge is -2.13. The molecule has 1 aromatic rings. The third-order valence-corrected chi connectivity index (χ3v) is 2.26. The van der Waals surface area contributed by atoms with Gasteiger partial charge in [0.05, 0.1) is 0 Å². The van der Waals surface area contributed by atoms with Crippen molar-refractivity contribution >= 4 is 11.7 Å². The first-order chi connectivity index (χ1) is 6.72. The SMILES string of the molecule is O=C(O)c1cc2c(o1)CCC/C2=N\[O-]. The fraction of sp³-hybridized carbons (Fsp3) is 0.333. The van der Waals surface area contributed by atoms with Gasteiger partial charge in [0.1, 0.15) is 5.76 Å². The summed E-state index contributed by atoms with van der Waals surface area (Å²) in [5, 5.41) is 22.0. The summed E-state index contributed by atoms with van der Waals surface area (Å²) in [5.41, 5.74) is 0.950. The summed E-state index contributed by atoms with van der Waals surface area (Å²) < 4.78 is 5.08. The minimum absolute atomic E-state index is 0.127. The van der Waals surface area contributed by atoms with Crippen LogP contribution in [0, 0.1) is 5.21 Å². The molecule has 0 saturated carbocycles. The van der Waals surface area contributed by atoms with Gasteiger partial charge < -0.3 is 19.9 Å². The summed E-state index contributed by atoms with van der Waals surface area (Å²) >= 11 is 0. The highest BCUT2D eigenvalue weighted by Gasteiger charge is 2.22. The number of carboxylic acid groups (broad SMARTS) is 1. The Kier molecular flexibility index (Phi) is 1.99. The maximum atomic E-state index is 10.6. The Balaban J connectivity index is 2.48. The van der Waals surface area contributed by atoms with Crippen LogP contribution >= 0.6 is 0 Å². The van der Waals surface area contributed by atoms with Gasteiger partial charge in [-0.1, -0.05) is 0 Å². The van der Waals surface area contributed by atoms with Crippen molar-refractivity contribution in [1.29, 1.82) is 0 Å². The fourth-order valence-electron chi connectivity index (χ4n) is 1.61. The topological polar surface area (TPSA) is 85.9 Å². The molecule has 0 saturated heterocycles. The van der Waals surface area contributed by atoms with E-state index in [1.54, 1.807) is 0 Å². The van der Waals surface area contributed by atoms with Gasteiger partial charge in [0, 0.05) is 23.8 Å². The van der Waals surface area contributed by atoms with Crippen molar-refractivity contribution in [3.63, 3.8) is 0 Å². The van der Waals surface area contributed by atoms with Crippen LogP contribution in [0.15, 0.2) is 15.6 Å². The standard InChI is InChI=1S/C9H9NO4/c11-9(12)8-4-5-6(10-13)2-1-3-7(5)14-8/h4,13H,1-3H2,(H,11,12)/p-1/b10-6+. The molecule has 5 heteroatoms. The van der Waals surface area contributed by atoms with Crippen molar-refractivity contribution < 1.29 is 14.3 Å². The number of carbonyl (C=O) groups is 1. The maximum Gasteiger partial charge on any atom is 0.371 e. The van der Waals surface area contributed by atoms with Crippen LogP contribution in [0.4, 0.5) is 0 Å². The number of rotatable bonds is 1. The van der Waals surface area contributed by atoms with Gasteiger partial charge in [-0.2, -0.15) is 0 Å². The molecule has 1 heterocycles. The first kappa shape index (κ1) is 8.80. The average Bonchev–Trinajstić information content (AvgIpc) is 2.60. The summed E-state index contributed by atoms with van der Waals surface area (Å²) in [6.07, 6.45) is 2.04. The van der Waals surface area contributed by atoms with E-state index in [1.807, 2.05) is 0 Å². The van der Waals surface area contributed by atoms with Crippen LogP contribution in [-0.2, 0) is 6.42 Å². The van der Waals surface area contributed by atoms with Crippen LogP contribution in [0.25, 0.3) is 0 Å². The molecule has 0 aromatic carbocycles. The molecule has 14 heavy (non-hydrogen) atoms. The summed E-state index contributed by atoms with van der Waals surface area (Å²) in [6, 6.07) is 1.37. The molecule has 0 atom stereocenters. The second-order valence-corrected chi connectivity index (χ2v) is 3.14. The molecule has 74 valence electrons. The molecule has 5 nitrogen and oxygen atoms in total. The van der Waals surface area contributed by atoms with Crippen LogP contribution in [0.1, 0.15) is 34.7 Å². The average molecular weight is 194 g/mol. The van der Waals surface area contributed by atoms with E-state index < -0.39 is 5.97 Å². The van der Waals surface area contributed by atoms with Gasteiger partial charge in [0.15, 0.2) is 0 Å². The number of aryl methyl sites for hydroxylation is 1. The second-order valence-electron chi connectivity index (χ2n) is 3.14. The van der Waals surface area contributed by atoms with Gasteiger partial charge in [-0.15, -0.1) is 0 Å². The molecular formula is C9H8NO4-. The lowest BCUT2D eigenvalue weighted by molar-refractivity contribution is 0.0660. The van der Waals surface area contributed by atoms with E-state index in [0.29, 0.717) is 29.9 Å². The van der Waals surface area contributed by atoms with Crippen molar-refractivity contribution in [3.8, 4) is 0 Å². The predicted molar refractivity (Wildman–Crippen MR) is 48.5 cm³/mol. The Hall–Kier alpha value is -1.78. The highest BCUT2D eigenvalue weighted by Crippen LogP contribution is 2.25. The summed E-state index contributed by atoms with van der Waals surface area (Å²) in [7, 11) is 0. The Morgan fingerprint density at radius 1 is 1.57 bits per heavy atom. The third-order valence-electron chi connectivity index (χ3n) is 2.26. The highest BCUT2D eigenvalue weighted by atomic mass is 16.4. The molecule has 0 radical (unpaired) electrons. The van der Waals surface area contributed by atoms with E-state index >= 15 is 0 Å². The number of aromatic carboxylic acids is 1. The van der Waals surface area contributed by atoms with Crippen molar-refractivity contribution in [3.05, 3.63) is 28.4 Å². The van der Waals surface area contributed by atoms with E-state index in [1.165, 1.54) is 6.07 Å². The van der Waals surface area contributed by atoms with E-state index in [9.17, 15) is 10.0 Å². The molecule has 1 N–H and O–H groups in total. The highest BCUT2D eigenvalue weighted by molar-refractivity contribution is 6.03. The van der Waals surface area contributed by atoms with Gasteiger partial charge >= 0.3 is 5.97 Å². The Morgan fingerprint density at radius 2 is 2.36 bits per heavy atom. The quantitative estimate of drug-likeness (QED) is 0.688. The third kappa shape index (κ3) is 1.26. The molecule has 0 spiro atoms. The van der Waals surface area contributed by atoms with Gasteiger partial charge in [0.25, 0.3) is 0 Å². The summed E-state index contributed by atoms with van der Waals surface area (Å²) in [5.74, 6) is -0.689. The lowest BCUT2D eigenvalue weighted by Crippen LogP contribution is -2.08. The van der Waals surface area contributed by atoms with E-state index in [2.05, 4.69) is 5.16 Å². The van der Waals surface area contributed by atoms with Gasteiger partial charge in [0.2, 0.25) is 5.76 Å². The van der Waals surface area contributed by atoms with Gasteiger partial charge in [-0.25, -0.2) is 4.79 Å². The normalized spacial score (nSPS) is 18.1. The van der Waals surface area contributed by atoms with E-state index in [4.69, 9.17) is 9.52 Å². The molecule has 1 aliphatic rings. The summed E-state index contributed by atoms with van der Waals surface area (Å²) in [6.45, 7) is 0. The van der Waals surface area contributed by atoms with Crippen LogP contribution in [-0.4, -0.2) is 16.8 Å². The lowest BCUT2D eigenvalue weighted by atomic mass is 9.96. The van der Waals surface area contributed by atoms with Crippen molar-refractivity contribution in [2.75, 3.05) is 0 Å². The minimum Gasteiger partial charge on any atom is -0.792 e. The summed E-state index contributed by atoms with van der Waals surface area (Å²) in [4.78, 5) is 10.6. The Labute approximate surface area is 79.6 Å². The zero-order valence-corrected chi connectivity index (χ0v) is 7.32. The van der Waals surface area contributed by atoms with Crippen molar-refractivity contribution in [1.82, 2.24) is 0 Å². The van der Waals surface area contributed by atoms with Crippen LogP contribution in [0.3, 0.4) is 0 Å². The molecule has 0 aliphatic heterocycles. The molecule has 2 rings (SSSR count). The monoisotopic (exact) mass is 194 g/mol. The number of fused-ring (bicyclic) bond motifs is 1. The number of hydrogen-bond acceptors (Lipinski definition) is 4. The molecular weight excluding hydrogens is 186 g/mol. The maximum absolute atomic E-state index is 10.6. The van der Waals surface area contributed by atoms with Crippen LogP contribution in [0.5, 0.6) is 0 Å². The number of carboxylic acids is 1. The zero-order valence-electron chi connectivity index (χ0n) is 7.32. The molecule has 0 amide bonds. The molecule has 0 fully saturated rings. The fourth-order valence-corrected chi connectivity index (χ4v) is 1.61. The van der Waals surface area contributed by atoms with Gasteiger partial charge in [-0.3, -0.25) is 0 Å². The first-order valence-corrected chi connectivity index (χ1v) is 4.28. The van der Waals surface area contributed by atoms with E-state index in [-0.39, 0.29) is 5.76 Å². The second kappa shape index (κ2) is 3.17. The van der Waals surface area contributed by atoms with Crippen LogP contribution < -0.4 is 0 Å². The van der Waals surface area contributed by atoms with E-state index in [0.717, 1.165) is 6.42 Å². The molecule has 1 aliphatic carbocycles. The smallest absolute Gasteiger partial charge is 0.371 e. The first-order valence-electron chi connectivity index (χ1n) is 4.28. The van der Waals surface area contributed by atoms with Crippen molar-refractivity contribution in [2.24, 2.45) is 5.16 Å². The van der Waals surface area contributed by atoms with Gasteiger partial charge in [-0.05, 0) is 12.8 Å². The predicted octanol–water partition coefficient (Wildman–Crippen LogP) is 1.60. The number of furan rings is 1. The minimum atomic E-state index is -1.12. The molecule has 1 aromatic heterocycles. The zero-order chi connectivity index (χ0) is 10.1. The largest absolute Gasteiger partial charge is 0.792 e. The molecule has 0 bridgehead atoms. The number of hydrogen-bond donors (Lipinski definition) is 1. The number of nitrogens with zero attached hydrogens (tertiary/aromatic N) is 1. The Morgan fingerprint density at radius 3 is 3.00 bits per heavy atom. The van der Waals surface area contributed by atoms with Crippen molar-refractivity contribution in [2.45, 2.75) is 19.3 Å². The van der Waals surface area contributed by atoms with Crippen LogP contribution in [0.2, 0.25) is 0 Å². The molecule has 0 unspecified atom stereocenters.